The second kappa shape index (κ2) is 7.46. The molecular weight excluding hydrogens is 335 g/mol. The topological polar surface area (TPSA) is 47.6 Å². The van der Waals surface area contributed by atoms with Crippen molar-refractivity contribution < 1.29 is 27.4 Å². The molecule has 2 aromatic carbocycles. The van der Waals surface area contributed by atoms with Crippen LogP contribution in [0.5, 0.6) is 11.5 Å². The van der Waals surface area contributed by atoms with Crippen molar-refractivity contribution in [3.63, 3.8) is 0 Å². The van der Waals surface area contributed by atoms with E-state index in [0.29, 0.717) is 17.1 Å². The maximum absolute atomic E-state index is 12.8. The zero-order chi connectivity index (χ0) is 18.6. The monoisotopic (exact) mass is 353 g/mol. The van der Waals surface area contributed by atoms with Crippen LogP contribution in [-0.2, 0) is 6.18 Å². The molecule has 0 spiro atoms. The van der Waals surface area contributed by atoms with Crippen LogP contribution in [0.1, 0.15) is 34.5 Å². The van der Waals surface area contributed by atoms with Gasteiger partial charge >= 0.3 is 6.18 Å². The van der Waals surface area contributed by atoms with Crippen molar-refractivity contribution in [1.82, 2.24) is 5.32 Å². The van der Waals surface area contributed by atoms with Crippen molar-refractivity contribution in [2.45, 2.75) is 19.1 Å². The lowest BCUT2D eigenvalue weighted by molar-refractivity contribution is -0.137. The summed E-state index contributed by atoms with van der Waals surface area (Å²) in [4.78, 5) is 12.4. The molecule has 25 heavy (non-hydrogen) atoms. The zero-order valence-electron chi connectivity index (χ0n) is 14.0. The van der Waals surface area contributed by atoms with Gasteiger partial charge in [-0.2, -0.15) is 13.2 Å². The van der Waals surface area contributed by atoms with E-state index in [1.165, 1.54) is 32.4 Å². The largest absolute Gasteiger partial charge is 0.497 e. The number of benzene rings is 2. The fraction of sp³-hybridized carbons (Fsp3) is 0.278. The number of ether oxygens (including phenoxy) is 2. The van der Waals surface area contributed by atoms with E-state index >= 15 is 0 Å². The maximum Gasteiger partial charge on any atom is 0.416 e. The number of halogens is 3. The van der Waals surface area contributed by atoms with Crippen molar-refractivity contribution in [3.05, 3.63) is 59.2 Å². The van der Waals surface area contributed by atoms with Gasteiger partial charge in [0, 0.05) is 6.07 Å². The van der Waals surface area contributed by atoms with Crippen molar-refractivity contribution in [2.75, 3.05) is 14.2 Å². The molecule has 0 radical (unpaired) electrons. The van der Waals surface area contributed by atoms with Gasteiger partial charge < -0.3 is 14.8 Å². The molecular formula is C18H18F3NO3. The molecule has 0 aliphatic rings. The number of nitrogens with one attached hydrogen (secondary N) is 1. The summed E-state index contributed by atoms with van der Waals surface area (Å²) in [6, 6.07) is 8.95. The summed E-state index contributed by atoms with van der Waals surface area (Å²) in [5.41, 5.74) is -0.133. The molecule has 0 fully saturated rings. The number of carbonyl (C=O) groups is 1. The Morgan fingerprint density at radius 2 is 1.80 bits per heavy atom. The van der Waals surface area contributed by atoms with E-state index in [9.17, 15) is 18.0 Å². The molecule has 1 N–H and O–H groups in total. The second-order valence-corrected chi connectivity index (χ2v) is 5.38. The average Bonchev–Trinajstić information content (AvgIpc) is 2.60. The van der Waals surface area contributed by atoms with Crippen LogP contribution < -0.4 is 14.8 Å². The van der Waals surface area contributed by atoms with Crippen molar-refractivity contribution in [1.29, 1.82) is 0 Å². The van der Waals surface area contributed by atoms with Gasteiger partial charge in [0.25, 0.3) is 5.91 Å². The maximum atomic E-state index is 12.8. The number of amides is 1. The van der Waals surface area contributed by atoms with E-state index in [1.807, 2.05) is 0 Å². The molecule has 1 unspecified atom stereocenters. The summed E-state index contributed by atoms with van der Waals surface area (Å²) >= 11 is 0. The van der Waals surface area contributed by atoms with Crippen molar-refractivity contribution in [2.24, 2.45) is 0 Å². The third-order valence-corrected chi connectivity index (χ3v) is 3.71. The van der Waals surface area contributed by atoms with Gasteiger partial charge in [0.15, 0.2) is 0 Å². The summed E-state index contributed by atoms with van der Waals surface area (Å²) < 4.78 is 48.7. The van der Waals surface area contributed by atoms with Crippen LogP contribution in [-0.4, -0.2) is 20.1 Å². The van der Waals surface area contributed by atoms with E-state index in [-0.39, 0.29) is 5.56 Å². The Kier molecular flexibility index (Phi) is 5.56. The minimum absolute atomic E-state index is 0.266. The van der Waals surface area contributed by atoms with Gasteiger partial charge in [-0.15, -0.1) is 0 Å². The number of hydrogen-bond acceptors (Lipinski definition) is 3. The predicted molar refractivity (Wildman–Crippen MR) is 86.9 cm³/mol. The Bertz CT molecular complexity index is 759. The lowest BCUT2D eigenvalue weighted by Crippen LogP contribution is -2.27. The summed E-state index contributed by atoms with van der Waals surface area (Å²) in [6.45, 7) is 1.61. The molecule has 2 aromatic rings. The molecule has 0 aliphatic carbocycles. The second-order valence-electron chi connectivity index (χ2n) is 5.38. The van der Waals surface area contributed by atoms with E-state index < -0.39 is 23.7 Å². The smallest absolute Gasteiger partial charge is 0.416 e. The van der Waals surface area contributed by atoms with Crippen LogP contribution in [0.3, 0.4) is 0 Å². The number of rotatable bonds is 5. The first kappa shape index (κ1) is 18.6. The molecule has 0 aromatic heterocycles. The van der Waals surface area contributed by atoms with Gasteiger partial charge in [-0.05, 0) is 36.8 Å². The number of alkyl halides is 3. The zero-order valence-corrected chi connectivity index (χ0v) is 14.0. The third-order valence-electron chi connectivity index (χ3n) is 3.71. The van der Waals surface area contributed by atoms with Crippen LogP contribution in [0, 0.1) is 0 Å². The van der Waals surface area contributed by atoms with Gasteiger partial charge in [0.2, 0.25) is 0 Å². The first-order valence-corrected chi connectivity index (χ1v) is 7.46. The molecule has 134 valence electrons. The third kappa shape index (κ3) is 4.43. The average molecular weight is 353 g/mol. The molecule has 0 saturated heterocycles. The minimum atomic E-state index is -4.43. The van der Waals surface area contributed by atoms with Gasteiger partial charge in [0.05, 0.1) is 31.4 Å². The van der Waals surface area contributed by atoms with Crippen LogP contribution in [0.15, 0.2) is 42.5 Å². The summed E-state index contributed by atoms with van der Waals surface area (Å²) in [5, 5.41) is 2.68. The van der Waals surface area contributed by atoms with E-state index in [2.05, 4.69) is 5.32 Å². The lowest BCUT2D eigenvalue weighted by atomic mass is 10.0. The number of hydrogen-bond donors (Lipinski definition) is 1. The molecule has 2 rings (SSSR count). The fourth-order valence-electron chi connectivity index (χ4n) is 2.33. The van der Waals surface area contributed by atoms with Gasteiger partial charge in [0.1, 0.15) is 11.5 Å². The highest BCUT2D eigenvalue weighted by molar-refractivity contribution is 5.97. The standard InChI is InChI=1S/C18H18F3NO3/c1-11(12-5-4-6-13(9-12)18(19,20)21)22-17(23)15-8-7-14(24-2)10-16(15)25-3/h4-11H,1-3H3,(H,22,23). The quantitative estimate of drug-likeness (QED) is 0.876. The van der Waals surface area contributed by atoms with Gasteiger partial charge in [-0.3, -0.25) is 4.79 Å². The highest BCUT2D eigenvalue weighted by Crippen LogP contribution is 2.31. The summed E-state index contributed by atoms with van der Waals surface area (Å²) in [7, 11) is 2.91. The molecule has 4 nitrogen and oxygen atoms in total. The number of methoxy groups -OCH3 is 2. The molecule has 0 saturated carbocycles. The molecule has 0 aliphatic heterocycles. The molecule has 0 heterocycles. The van der Waals surface area contributed by atoms with Crippen LogP contribution in [0.2, 0.25) is 0 Å². The summed E-state index contributed by atoms with van der Waals surface area (Å²) in [6.07, 6.45) is -4.43. The van der Waals surface area contributed by atoms with Gasteiger partial charge in [-0.1, -0.05) is 12.1 Å². The van der Waals surface area contributed by atoms with Crippen molar-refractivity contribution >= 4 is 5.91 Å². The van der Waals surface area contributed by atoms with Crippen LogP contribution in [0.25, 0.3) is 0 Å². The predicted octanol–water partition coefficient (Wildman–Crippen LogP) is 4.21. The van der Waals surface area contributed by atoms with E-state index in [0.717, 1.165) is 12.1 Å². The molecule has 7 heteroatoms. The minimum Gasteiger partial charge on any atom is -0.497 e. The Morgan fingerprint density at radius 3 is 2.40 bits per heavy atom. The summed E-state index contributed by atoms with van der Waals surface area (Å²) in [5.74, 6) is 0.386. The molecule has 0 bridgehead atoms. The van der Waals surface area contributed by atoms with Crippen LogP contribution >= 0.6 is 0 Å². The Labute approximate surface area is 143 Å². The first-order valence-electron chi connectivity index (χ1n) is 7.46. The Balaban J connectivity index is 2.21. The molecule has 1 atom stereocenters. The van der Waals surface area contributed by atoms with Crippen molar-refractivity contribution in [3.8, 4) is 11.5 Å². The highest BCUT2D eigenvalue weighted by Gasteiger charge is 2.30. The Hall–Kier alpha value is -2.70. The normalized spacial score (nSPS) is 12.4. The van der Waals surface area contributed by atoms with E-state index in [1.54, 1.807) is 19.1 Å². The number of carbonyl (C=O) groups excluding carboxylic acids is 1. The lowest BCUT2D eigenvalue weighted by Gasteiger charge is -2.17. The first-order chi connectivity index (χ1) is 11.8. The molecule has 1 amide bonds. The van der Waals surface area contributed by atoms with Gasteiger partial charge in [-0.25, -0.2) is 0 Å². The fourth-order valence-corrected chi connectivity index (χ4v) is 2.33. The van der Waals surface area contributed by atoms with Crippen LogP contribution in [0.4, 0.5) is 13.2 Å². The Morgan fingerprint density at radius 1 is 1.08 bits per heavy atom. The van der Waals surface area contributed by atoms with E-state index in [4.69, 9.17) is 9.47 Å². The highest BCUT2D eigenvalue weighted by atomic mass is 19.4. The SMILES string of the molecule is COc1ccc(C(=O)NC(C)c2cccc(C(F)(F)F)c2)c(OC)c1.